The average Bonchev–Trinajstić information content (AvgIpc) is 2.88. The quantitative estimate of drug-likeness (QED) is 0.428. The molecule has 2 aromatic carbocycles. The van der Waals surface area contributed by atoms with E-state index in [1.165, 1.54) is 11.3 Å². The molecule has 0 saturated carbocycles. The molecule has 0 bridgehead atoms. The molecule has 2 aromatic heterocycles. The summed E-state index contributed by atoms with van der Waals surface area (Å²) < 4.78 is 7.35. The van der Waals surface area contributed by atoms with E-state index in [1.54, 1.807) is 0 Å². The minimum atomic E-state index is 0.527. The van der Waals surface area contributed by atoms with Crippen molar-refractivity contribution < 1.29 is 4.42 Å². The number of nitrogens with zero attached hydrogens (tertiary/aromatic N) is 1. The molecule has 2 nitrogen and oxygen atoms in total. The highest BCUT2D eigenvalue weighted by atomic mass is 35.5. The number of benzene rings is 2. The lowest BCUT2D eigenvalue weighted by Gasteiger charge is -1.93. The molecule has 0 saturated heterocycles. The fourth-order valence-corrected chi connectivity index (χ4v) is 3.64. The molecule has 0 fully saturated rings. The molecule has 0 aliphatic carbocycles. The third-order valence-electron chi connectivity index (χ3n) is 2.94. The normalized spacial score (nSPS) is 11.9. The summed E-state index contributed by atoms with van der Waals surface area (Å²) in [5.74, 6) is 0. The van der Waals surface area contributed by atoms with Crippen molar-refractivity contribution >= 4 is 66.7 Å². The van der Waals surface area contributed by atoms with E-state index in [4.69, 9.17) is 27.6 Å². The molecule has 2 heterocycles. The molecule has 18 heavy (non-hydrogen) atoms. The Morgan fingerprint density at radius 3 is 2.72 bits per heavy atom. The molecule has 4 rings (SSSR count). The van der Waals surface area contributed by atoms with Crippen LogP contribution in [0.1, 0.15) is 0 Å². The SMILES string of the molecule is Clc1nc2ccc3oc4cccc(Cl)c4c3c2s1. The van der Waals surface area contributed by atoms with Crippen LogP contribution in [0, 0.1) is 0 Å². The Labute approximate surface area is 116 Å². The second-order valence-electron chi connectivity index (χ2n) is 3.97. The lowest BCUT2D eigenvalue weighted by Crippen LogP contribution is -1.70. The predicted molar refractivity (Wildman–Crippen MR) is 76.9 cm³/mol. The van der Waals surface area contributed by atoms with Crippen LogP contribution in [-0.4, -0.2) is 4.98 Å². The maximum atomic E-state index is 6.28. The van der Waals surface area contributed by atoms with Crippen LogP contribution in [-0.2, 0) is 0 Å². The van der Waals surface area contributed by atoms with E-state index in [0.29, 0.717) is 9.49 Å². The van der Waals surface area contributed by atoms with Crippen LogP contribution in [0.15, 0.2) is 34.7 Å². The van der Waals surface area contributed by atoms with Gasteiger partial charge < -0.3 is 4.42 Å². The summed E-state index contributed by atoms with van der Waals surface area (Å²) in [6.45, 7) is 0. The van der Waals surface area contributed by atoms with Crippen LogP contribution in [0.2, 0.25) is 9.49 Å². The lowest BCUT2D eigenvalue weighted by molar-refractivity contribution is 0.669. The predicted octanol–water partition coefficient (Wildman–Crippen LogP) is 5.50. The molecule has 0 atom stereocenters. The Morgan fingerprint density at radius 2 is 1.83 bits per heavy atom. The molecular formula is C13H5Cl2NOS. The number of fused-ring (bicyclic) bond motifs is 5. The van der Waals surface area contributed by atoms with Gasteiger partial charge in [-0.1, -0.05) is 29.3 Å². The Kier molecular flexibility index (Phi) is 2.13. The number of hydrogen-bond donors (Lipinski definition) is 0. The first-order valence-corrected chi connectivity index (χ1v) is 6.87. The maximum Gasteiger partial charge on any atom is 0.184 e. The first-order valence-electron chi connectivity index (χ1n) is 5.30. The standard InChI is InChI=1S/C13H5Cl2NOS/c14-6-2-1-3-8-10(6)11-9(17-8)5-4-7-12(11)18-13(15)16-7/h1-5H. The minimum absolute atomic E-state index is 0.527. The molecule has 0 aliphatic rings. The number of rotatable bonds is 0. The fourth-order valence-electron chi connectivity index (χ4n) is 2.22. The van der Waals surface area contributed by atoms with Gasteiger partial charge in [0.25, 0.3) is 0 Å². The zero-order valence-electron chi connectivity index (χ0n) is 8.91. The summed E-state index contributed by atoms with van der Waals surface area (Å²) in [5, 5.41) is 2.61. The molecule has 4 aromatic rings. The van der Waals surface area contributed by atoms with E-state index in [1.807, 2.05) is 30.3 Å². The van der Waals surface area contributed by atoms with Gasteiger partial charge in [-0.15, -0.1) is 11.3 Å². The smallest absolute Gasteiger partial charge is 0.184 e. The van der Waals surface area contributed by atoms with Crippen molar-refractivity contribution in [1.29, 1.82) is 0 Å². The zero-order valence-corrected chi connectivity index (χ0v) is 11.2. The molecule has 5 heteroatoms. The Morgan fingerprint density at radius 1 is 1.00 bits per heavy atom. The maximum absolute atomic E-state index is 6.28. The Bertz CT molecular complexity index is 909. The minimum Gasteiger partial charge on any atom is -0.456 e. The molecule has 0 radical (unpaired) electrons. The van der Waals surface area contributed by atoms with Crippen LogP contribution >= 0.6 is 34.5 Å². The van der Waals surface area contributed by atoms with Crippen LogP contribution in [0.25, 0.3) is 32.2 Å². The number of aromatic nitrogens is 1. The van der Waals surface area contributed by atoms with Gasteiger partial charge in [0.05, 0.1) is 15.2 Å². The fraction of sp³-hybridized carbons (Fsp3) is 0. The number of furan rings is 1. The first-order chi connectivity index (χ1) is 8.74. The van der Waals surface area contributed by atoms with Crippen molar-refractivity contribution in [3.63, 3.8) is 0 Å². The van der Waals surface area contributed by atoms with Crippen LogP contribution < -0.4 is 0 Å². The highest BCUT2D eigenvalue weighted by molar-refractivity contribution is 7.23. The van der Waals surface area contributed by atoms with Crippen LogP contribution in [0.5, 0.6) is 0 Å². The van der Waals surface area contributed by atoms with Crippen molar-refractivity contribution in [2.24, 2.45) is 0 Å². The third kappa shape index (κ3) is 1.32. The van der Waals surface area contributed by atoms with Gasteiger partial charge in [-0.25, -0.2) is 4.98 Å². The van der Waals surface area contributed by atoms with E-state index in [0.717, 1.165) is 32.2 Å². The second kappa shape index (κ2) is 3.60. The molecule has 0 aliphatic heterocycles. The van der Waals surface area contributed by atoms with E-state index in [9.17, 15) is 0 Å². The number of thiazole rings is 1. The van der Waals surface area contributed by atoms with Gasteiger partial charge in [-0.3, -0.25) is 0 Å². The average molecular weight is 294 g/mol. The third-order valence-corrected chi connectivity index (χ3v) is 4.45. The monoisotopic (exact) mass is 293 g/mol. The number of hydrogen-bond acceptors (Lipinski definition) is 3. The largest absolute Gasteiger partial charge is 0.456 e. The summed E-state index contributed by atoms with van der Waals surface area (Å²) in [4.78, 5) is 4.28. The van der Waals surface area contributed by atoms with Crippen molar-refractivity contribution in [1.82, 2.24) is 4.98 Å². The molecule has 88 valence electrons. The van der Waals surface area contributed by atoms with Gasteiger partial charge in [0, 0.05) is 10.8 Å². The first kappa shape index (κ1) is 10.6. The van der Waals surface area contributed by atoms with Crippen molar-refractivity contribution in [2.45, 2.75) is 0 Å². The van der Waals surface area contributed by atoms with E-state index in [2.05, 4.69) is 4.98 Å². The summed E-state index contributed by atoms with van der Waals surface area (Å²) >= 11 is 13.7. The zero-order chi connectivity index (χ0) is 12.3. The number of halogens is 2. The molecule has 0 unspecified atom stereocenters. The van der Waals surface area contributed by atoms with Crippen molar-refractivity contribution in [2.75, 3.05) is 0 Å². The van der Waals surface area contributed by atoms with Gasteiger partial charge in [0.1, 0.15) is 11.2 Å². The van der Waals surface area contributed by atoms with Crippen LogP contribution in [0.4, 0.5) is 0 Å². The summed E-state index contributed by atoms with van der Waals surface area (Å²) in [5.41, 5.74) is 2.47. The van der Waals surface area contributed by atoms with Gasteiger partial charge in [-0.2, -0.15) is 0 Å². The molecule has 0 spiro atoms. The van der Waals surface area contributed by atoms with Crippen molar-refractivity contribution in [3.05, 3.63) is 39.8 Å². The lowest BCUT2D eigenvalue weighted by atomic mass is 10.1. The summed E-state index contributed by atoms with van der Waals surface area (Å²) in [6, 6.07) is 9.47. The van der Waals surface area contributed by atoms with Gasteiger partial charge in [-0.05, 0) is 24.3 Å². The van der Waals surface area contributed by atoms with Crippen molar-refractivity contribution in [3.8, 4) is 0 Å². The van der Waals surface area contributed by atoms with E-state index in [-0.39, 0.29) is 0 Å². The summed E-state index contributed by atoms with van der Waals surface area (Å²) in [6.07, 6.45) is 0. The van der Waals surface area contributed by atoms with Gasteiger partial charge in [0.2, 0.25) is 0 Å². The highest BCUT2D eigenvalue weighted by Crippen LogP contribution is 2.40. The molecule has 0 N–H and O–H groups in total. The second-order valence-corrected chi connectivity index (χ2v) is 5.96. The molecule has 0 amide bonds. The molecular weight excluding hydrogens is 289 g/mol. The van der Waals surface area contributed by atoms with E-state index < -0.39 is 0 Å². The summed E-state index contributed by atoms with van der Waals surface area (Å²) in [7, 11) is 0. The topological polar surface area (TPSA) is 26.0 Å². The van der Waals surface area contributed by atoms with Gasteiger partial charge in [0.15, 0.2) is 4.47 Å². The Hall–Kier alpha value is -1.29. The van der Waals surface area contributed by atoms with Crippen LogP contribution in [0.3, 0.4) is 0 Å². The van der Waals surface area contributed by atoms with E-state index >= 15 is 0 Å². The van der Waals surface area contributed by atoms with Gasteiger partial charge >= 0.3 is 0 Å². The Balaban J connectivity index is 2.38. The highest BCUT2D eigenvalue weighted by Gasteiger charge is 2.15.